The van der Waals surface area contributed by atoms with Crippen LogP contribution in [0.1, 0.15) is 16.7 Å². The van der Waals surface area contributed by atoms with Crippen LogP contribution in [0.4, 0.5) is 0 Å². The third-order valence-electron chi connectivity index (χ3n) is 3.80. The zero-order valence-electron chi connectivity index (χ0n) is 12.3. The van der Waals surface area contributed by atoms with Crippen LogP contribution < -0.4 is 4.74 Å². The molecule has 0 aliphatic carbocycles. The van der Waals surface area contributed by atoms with Crippen LogP contribution in [0.3, 0.4) is 0 Å². The van der Waals surface area contributed by atoms with Crippen LogP contribution in [0.25, 0.3) is 0 Å². The minimum atomic E-state index is -0.444. The molecule has 4 heteroatoms. The highest BCUT2D eigenvalue weighted by Crippen LogP contribution is 2.28. The van der Waals surface area contributed by atoms with Crippen molar-refractivity contribution >= 4 is 5.91 Å². The Morgan fingerprint density at radius 1 is 1.27 bits per heavy atom. The summed E-state index contributed by atoms with van der Waals surface area (Å²) in [6.45, 7) is 0.501. The molecule has 1 atom stereocenters. The highest BCUT2D eigenvalue weighted by molar-refractivity contribution is 5.82. The van der Waals surface area contributed by atoms with E-state index >= 15 is 0 Å². The molecular formula is C18H16N2O2. The van der Waals surface area contributed by atoms with Crippen molar-refractivity contribution in [3.05, 3.63) is 65.2 Å². The van der Waals surface area contributed by atoms with E-state index in [1.165, 1.54) is 0 Å². The van der Waals surface area contributed by atoms with E-state index in [-0.39, 0.29) is 5.91 Å². The van der Waals surface area contributed by atoms with Gasteiger partial charge in [-0.15, -0.1) is 0 Å². The fraction of sp³-hybridized carbons (Fsp3) is 0.222. The number of likely N-dealkylation sites (N-methyl/N-ethyl adjacent to an activating group) is 1. The van der Waals surface area contributed by atoms with Crippen LogP contribution in [0.15, 0.2) is 48.5 Å². The summed E-state index contributed by atoms with van der Waals surface area (Å²) < 4.78 is 5.73. The van der Waals surface area contributed by atoms with Gasteiger partial charge in [0.25, 0.3) is 5.91 Å². The van der Waals surface area contributed by atoms with Gasteiger partial charge in [-0.2, -0.15) is 5.26 Å². The maximum absolute atomic E-state index is 12.5. The van der Waals surface area contributed by atoms with E-state index in [2.05, 4.69) is 6.07 Å². The minimum absolute atomic E-state index is 0.0273. The molecule has 0 aromatic heterocycles. The molecule has 4 nitrogen and oxygen atoms in total. The van der Waals surface area contributed by atoms with Gasteiger partial charge >= 0.3 is 0 Å². The number of benzene rings is 2. The highest BCUT2D eigenvalue weighted by Gasteiger charge is 2.30. The van der Waals surface area contributed by atoms with E-state index < -0.39 is 6.10 Å². The van der Waals surface area contributed by atoms with Crippen LogP contribution >= 0.6 is 0 Å². The van der Waals surface area contributed by atoms with Crippen LogP contribution in [-0.4, -0.2) is 24.0 Å². The zero-order chi connectivity index (χ0) is 15.5. The Balaban J connectivity index is 1.64. The Bertz CT molecular complexity index is 706. The molecule has 1 heterocycles. The third-order valence-corrected chi connectivity index (χ3v) is 3.80. The van der Waals surface area contributed by atoms with Crippen molar-refractivity contribution in [3.63, 3.8) is 0 Å². The lowest BCUT2D eigenvalue weighted by molar-refractivity contribution is -0.137. The lowest BCUT2D eigenvalue weighted by Crippen LogP contribution is -2.38. The maximum Gasteiger partial charge on any atom is 0.264 e. The van der Waals surface area contributed by atoms with Gasteiger partial charge in [0.15, 0.2) is 6.10 Å². The van der Waals surface area contributed by atoms with Gasteiger partial charge in [0, 0.05) is 20.0 Å². The first kappa shape index (κ1) is 14.2. The third kappa shape index (κ3) is 2.79. The number of rotatable bonds is 3. The predicted molar refractivity (Wildman–Crippen MR) is 82.2 cm³/mol. The summed E-state index contributed by atoms with van der Waals surface area (Å²) in [6, 6.07) is 17.1. The Morgan fingerprint density at radius 2 is 2.00 bits per heavy atom. The summed E-state index contributed by atoms with van der Waals surface area (Å²) in [5.41, 5.74) is 2.69. The molecule has 0 saturated carbocycles. The molecule has 1 aliphatic rings. The molecule has 22 heavy (non-hydrogen) atoms. The predicted octanol–water partition coefficient (Wildman–Crippen LogP) is 2.52. The van der Waals surface area contributed by atoms with Gasteiger partial charge in [0.05, 0.1) is 11.6 Å². The van der Waals surface area contributed by atoms with Crippen LogP contribution in [0, 0.1) is 11.3 Å². The van der Waals surface area contributed by atoms with Crippen LogP contribution in [0.2, 0.25) is 0 Å². The van der Waals surface area contributed by atoms with E-state index in [0.717, 1.165) is 16.9 Å². The monoisotopic (exact) mass is 292 g/mol. The first-order chi connectivity index (χ1) is 10.7. The van der Waals surface area contributed by atoms with Gasteiger partial charge in [0.1, 0.15) is 5.75 Å². The molecule has 1 amide bonds. The average Bonchev–Trinajstić information content (AvgIpc) is 2.98. The number of hydrogen-bond donors (Lipinski definition) is 0. The fourth-order valence-electron chi connectivity index (χ4n) is 2.60. The summed E-state index contributed by atoms with van der Waals surface area (Å²) in [6.07, 6.45) is 0.174. The summed E-state index contributed by atoms with van der Waals surface area (Å²) >= 11 is 0. The molecule has 110 valence electrons. The van der Waals surface area contributed by atoms with Gasteiger partial charge < -0.3 is 9.64 Å². The van der Waals surface area contributed by atoms with E-state index in [0.29, 0.717) is 18.5 Å². The molecule has 1 aliphatic heterocycles. The fourth-order valence-corrected chi connectivity index (χ4v) is 2.60. The molecule has 0 radical (unpaired) electrons. The van der Waals surface area contributed by atoms with E-state index in [4.69, 9.17) is 10.00 Å². The number of carbonyl (C=O) groups is 1. The average molecular weight is 292 g/mol. The Morgan fingerprint density at radius 3 is 2.68 bits per heavy atom. The first-order valence-corrected chi connectivity index (χ1v) is 7.16. The number of carbonyl (C=O) groups excluding carboxylic acids is 1. The number of ether oxygens (including phenoxy) is 1. The molecule has 0 saturated heterocycles. The van der Waals surface area contributed by atoms with Gasteiger partial charge in [-0.05, 0) is 29.3 Å². The van der Waals surface area contributed by atoms with Crippen molar-refractivity contribution in [3.8, 4) is 11.8 Å². The van der Waals surface area contributed by atoms with E-state index in [9.17, 15) is 4.79 Å². The van der Waals surface area contributed by atoms with Gasteiger partial charge in [0.2, 0.25) is 0 Å². The van der Waals surface area contributed by atoms with Crippen LogP contribution in [0.5, 0.6) is 5.75 Å². The lowest BCUT2D eigenvalue weighted by Gasteiger charge is -2.21. The molecular weight excluding hydrogens is 276 g/mol. The summed E-state index contributed by atoms with van der Waals surface area (Å²) in [5, 5.41) is 8.80. The second kappa shape index (κ2) is 5.90. The second-order valence-corrected chi connectivity index (χ2v) is 5.42. The Labute approximate surface area is 129 Å². The minimum Gasteiger partial charge on any atom is -0.480 e. The van der Waals surface area contributed by atoms with Gasteiger partial charge in [-0.1, -0.05) is 30.3 Å². The highest BCUT2D eigenvalue weighted by atomic mass is 16.5. The van der Waals surface area contributed by atoms with E-state index in [1.807, 2.05) is 36.4 Å². The standard InChI is InChI=1S/C18H16N2O2/c1-20(12-14-8-6-13(11-19)7-9-14)18(21)17-10-15-4-2-3-5-16(15)22-17/h2-9,17H,10,12H2,1H3. The smallest absolute Gasteiger partial charge is 0.264 e. The lowest BCUT2D eigenvalue weighted by atomic mass is 10.1. The number of nitrogens with zero attached hydrogens (tertiary/aromatic N) is 2. The van der Waals surface area contributed by atoms with Gasteiger partial charge in [-0.25, -0.2) is 0 Å². The van der Waals surface area contributed by atoms with Crippen molar-refractivity contribution in [2.75, 3.05) is 7.05 Å². The van der Waals surface area contributed by atoms with Crippen molar-refractivity contribution in [2.24, 2.45) is 0 Å². The van der Waals surface area contributed by atoms with Crippen molar-refractivity contribution in [1.29, 1.82) is 5.26 Å². The number of nitriles is 1. The van der Waals surface area contributed by atoms with Gasteiger partial charge in [-0.3, -0.25) is 4.79 Å². The molecule has 0 spiro atoms. The van der Waals surface area contributed by atoms with Crippen molar-refractivity contribution < 1.29 is 9.53 Å². The van der Waals surface area contributed by atoms with Crippen molar-refractivity contribution in [2.45, 2.75) is 19.1 Å². The molecule has 0 fully saturated rings. The maximum atomic E-state index is 12.5. The molecule has 2 aromatic carbocycles. The SMILES string of the molecule is CN(Cc1ccc(C#N)cc1)C(=O)C1Cc2ccccc2O1. The first-order valence-electron chi connectivity index (χ1n) is 7.16. The van der Waals surface area contributed by atoms with Crippen molar-refractivity contribution in [1.82, 2.24) is 4.90 Å². The second-order valence-electron chi connectivity index (χ2n) is 5.42. The quantitative estimate of drug-likeness (QED) is 0.873. The largest absolute Gasteiger partial charge is 0.480 e. The molecule has 0 N–H and O–H groups in total. The summed E-state index contributed by atoms with van der Waals surface area (Å²) in [4.78, 5) is 14.2. The number of hydrogen-bond acceptors (Lipinski definition) is 3. The number of amides is 1. The zero-order valence-corrected chi connectivity index (χ0v) is 12.3. The molecule has 1 unspecified atom stereocenters. The summed E-state index contributed by atoms with van der Waals surface area (Å²) in [7, 11) is 1.77. The Kier molecular flexibility index (Phi) is 3.80. The number of para-hydroxylation sites is 1. The summed E-state index contributed by atoms with van der Waals surface area (Å²) in [5.74, 6) is 0.771. The molecule has 2 aromatic rings. The normalized spacial score (nSPS) is 15.5. The topological polar surface area (TPSA) is 53.3 Å². The Hall–Kier alpha value is -2.80. The number of fused-ring (bicyclic) bond motifs is 1. The molecule has 0 bridgehead atoms. The molecule has 3 rings (SSSR count). The van der Waals surface area contributed by atoms with Crippen LogP contribution in [-0.2, 0) is 17.8 Å². The van der Waals surface area contributed by atoms with E-state index in [1.54, 1.807) is 24.1 Å².